The van der Waals surface area contributed by atoms with Crippen LogP contribution < -0.4 is 5.43 Å². The summed E-state index contributed by atoms with van der Waals surface area (Å²) < 4.78 is 0. The second-order valence-corrected chi connectivity index (χ2v) is 3.91. The van der Waals surface area contributed by atoms with Crippen molar-refractivity contribution in [1.29, 1.82) is 5.41 Å². The Labute approximate surface area is 115 Å². The van der Waals surface area contributed by atoms with Crippen molar-refractivity contribution in [2.75, 3.05) is 5.43 Å². The van der Waals surface area contributed by atoms with Gasteiger partial charge in [-0.05, 0) is 24.3 Å². The lowest BCUT2D eigenvalue weighted by Gasteiger charge is -2.00. The summed E-state index contributed by atoms with van der Waals surface area (Å²) in [5.41, 5.74) is 4.10. The molecule has 0 atom stereocenters. The molecule has 0 unspecified atom stereocenters. The van der Waals surface area contributed by atoms with Gasteiger partial charge in [0, 0.05) is 5.56 Å². The van der Waals surface area contributed by atoms with E-state index in [0.717, 1.165) is 0 Å². The van der Waals surface area contributed by atoms with E-state index < -0.39 is 5.97 Å². The Kier molecular flexibility index (Phi) is 4.18. The van der Waals surface area contributed by atoms with Crippen molar-refractivity contribution < 1.29 is 9.90 Å². The molecule has 2 rings (SSSR count). The summed E-state index contributed by atoms with van der Waals surface area (Å²) in [5, 5.41) is 23.9. The van der Waals surface area contributed by atoms with E-state index in [2.05, 4.69) is 15.8 Å². The van der Waals surface area contributed by atoms with Crippen molar-refractivity contribution in [3.63, 3.8) is 0 Å². The molecule has 3 N–H and O–H groups in total. The van der Waals surface area contributed by atoms with Gasteiger partial charge in [0.15, 0.2) is 5.84 Å². The largest absolute Gasteiger partial charge is 0.478 e. The average Bonchev–Trinajstić information content (AvgIpc) is 2.48. The van der Waals surface area contributed by atoms with E-state index in [-0.39, 0.29) is 11.4 Å². The van der Waals surface area contributed by atoms with E-state index in [4.69, 9.17) is 10.5 Å². The SMILES string of the molecule is N=C(/N=N\Nc1ccc(C(=O)O)cc1)c1ccccc1. The molecule has 0 saturated heterocycles. The van der Waals surface area contributed by atoms with Crippen LogP contribution in [0.4, 0.5) is 5.69 Å². The van der Waals surface area contributed by atoms with Gasteiger partial charge in [-0.3, -0.25) is 10.8 Å². The van der Waals surface area contributed by atoms with Crippen molar-refractivity contribution >= 4 is 17.5 Å². The van der Waals surface area contributed by atoms with Gasteiger partial charge in [-0.2, -0.15) is 0 Å². The molecule has 0 amide bonds. The maximum absolute atomic E-state index is 10.7. The number of hydrogen-bond donors (Lipinski definition) is 3. The fourth-order valence-corrected chi connectivity index (χ4v) is 1.47. The number of nitrogens with zero attached hydrogens (tertiary/aromatic N) is 2. The molecule has 2 aromatic carbocycles. The number of amidine groups is 1. The molecule has 6 heteroatoms. The molecule has 0 fully saturated rings. The maximum atomic E-state index is 10.7. The summed E-state index contributed by atoms with van der Waals surface area (Å²) in [6, 6.07) is 15.1. The standard InChI is InChI=1S/C14H12N4O2/c15-13(10-4-2-1-3-5-10)17-18-16-12-8-6-11(7-9-12)14(19)20/h1-9H,(H,19,20)(H2,15,16,17). The van der Waals surface area contributed by atoms with E-state index >= 15 is 0 Å². The van der Waals surface area contributed by atoms with Crippen molar-refractivity contribution in [2.45, 2.75) is 0 Å². The maximum Gasteiger partial charge on any atom is 0.335 e. The molecule has 20 heavy (non-hydrogen) atoms. The van der Waals surface area contributed by atoms with Gasteiger partial charge in [-0.15, -0.1) is 5.11 Å². The van der Waals surface area contributed by atoms with Crippen LogP contribution in [0.3, 0.4) is 0 Å². The van der Waals surface area contributed by atoms with Crippen molar-refractivity contribution in [1.82, 2.24) is 0 Å². The summed E-state index contributed by atoms with van der Waals surface area (Å²) in [6.45, 7) is 0. The smallest absolute Gasteiger partial charge is 0.335 e. The van der Waals surface area contributed by atoms with E-state index in [1.54, 1.807) is 24.3 Å². The second-order valence-electron chi connectivity index (χ2n) is 3.91. The van der Waals surface area contributed by atoms with Gasteiger partial charge >= 0.3 is 5.97 Å². The zero-order chi connectivity index (χ0) is 14.4. The number of carbonyl (C=O) groups is 1. The van der Waals surface area contributed by atoms with E-state index in [0.29, 0.717) is 11.3 Å². The van der Waals surface area contributed by atoms with Gasteiger partial charge in [0.1, 0.15) is 0 Å². The van der Waals surface area contributed by atoms with Gasteiger partial charge in [0.2, 0.25) is 0 Å². The van der Waals surface area contributed by atoms with Gasteiger partial charge in [0.25, 0.3) is 0 Å². The fourth-order valence-electron chi connectivity index (χ4n) is 1.47. The molecule has 0 spiro atoms. The Morgan fingerprint density at radius 1 is 1.00 bits per heavy atom. The third-order valence-electron chi connectivity index (χ3n) is 2.51. The van der Waals surface area contributed by atoms with Crippen LogP contribution in [0, 0.1) is 5.41 Å². The molecule has 0 aliphatic rings. The Morgan fingerprint density at radius 3 is 2.25 bits per heavy atom. The highest BCUT2D eigenvalue weighted by molar-refractivity contribution is 5.96. The summed E-state index contributed by atoms with van der Waals surface area (Å²) in [6.07, 6.45) is 0. The Hall–Kier alpha value is -3.02. The van der Waals surface area contributed by atoms with Crippen LogP contribution in [0.2, 0.25) is 0 Å². The number of carboxylic acid groups (broad SMARTS) is 1. The molecule has 100 valence electrons. The summed E-state index contributed by atoms with van der Waals surface area (Å²) in [4.78, 5) is 10.7. The first-order chi connectivity index (χ1) is 9.66. The third kappa shape index (κ3) is 3.49. The number of carboxylic acids is 1. The highest BCUT2D eigenvalue weighted by Crippen LogP contribution is 2.10. The molecule has 6 nitrogen and oxygen atoms in total. The Balaban J connectivity index is 1.96. The molecule has 0 saturated carbocycles. The molecule has 0 aliphatic carbocycles. The molecular weight excluding hydrogens is 256 g/mol. The van der Waals surface area contributed by atoms with Crippen LogP contribution in [0.25, 0.3) is 0 Å². The van der Waals surface area contributed by atoms with Gasteiger partial charge < -0.3 is 5.11 Å². The van der Waals surface area contributed by atoms with Gasteiger partial charge in [-0.25, -0.2) is 4.79 Å². The quantitative estimate of drug-likeness (QED) is 0.343. The lowest BCUT2D eigenvalue weighted by atomic mass is 10.2. The third-order valence-corrected chi connectivity index (χ3v) is 2.51. The van der Waals surface area contributed by atoms with Crippen LogP contribution in [0.5, 0.6) is 0 Å². The topological polar surface area (TPSA) is 97.9 Å². The molecule has 0 radical (unpaired) electrons. The number of benzene rings is 2. The number of rotatable bonds is 4. The predicted octanol–water partition coefficient (Wildman–Crippen LogP) is 3.19. The minimum Gasteiger partial charge on any atom is -0.478 e. The number of nitrogens with one attached hydrogen (secondary N) is 2. The van der Waals surface area contributed by atoms with Crippen LogP contribution in [-0.2, 0) is 0 Å². The summed E-state index contributed by atoms with van der Waals surface area (Å²) in [7, 11) is 0. The zero-order valence-electron chi connectivity index (χ0n) is 10.4. The minimum atomic E-state index is -0.982. The molecular formula is C14H12N4O2. The van der Waals surface area contributed by atoms with Crippen molar-refractivity contribution in [3.8, 4) is 0 Å². The van der Waals surface area contributed by atoms with Crippen LogP contribution in [0.1, 0.15) is 15.9 Å². The Morgan fingerprint density at radius 2 is 1.65 bits per heavy atom. The number of anilines is 1. The molecule has 0 aliphatic heterocycles. The van der Waals surface area contributed by atoms with Crippen molar-refractivity contribution in [3.05, 3.63) is 65.7 Å². The molecule has 2 aromatic rings. The lowest BCUT2D eigenvalue weighted by Crippen LogP contribution is -1.97. The minimum absolute atomic E-state index is 0.0419. The Bertz CT molecular complexity index is 636. The molecule has 0 heterocycles. The highest BCUT2D eigenvalue weighted by atomic mass is 16.4. The first-order valence-electron chi connectivity index (χ1n) is 5.81. The normalized spacial score (nSPS) is 10.4. The molecule has 0 bridgehead atoms. The highest BCUT2D eigenvalue weighted by Gasteiger charge is 2.01. The molecule has 0 aromatic heterocycles. The van der Waals surface area contributed by atoms with Gasteiger partial charge in [-0.1, -0.05) is 35.6 Å². The zero-order valence-corrected chi connectivity index (χ0v) is 10.4. The number of aromatic carboxylic acids is 1. The van der Waals surface area contributed by atoms with Crippen LogP contribution in [-0.4, -0.2) is 16.9 Å². The number of hydrogen-bond acceptors (Lipinski definition) is 3. The average molecular weight is 268 g/mol. The fraction of sp³-hybridized carbons (Fsp3) is 0. The summed E-state index contributed by atoms with van der Waals surface area (Å²) >= 11 is 0. The van der Waals surface area contributed by atoms with E-state index in [1.807, 2.05) is 18.2 Å². The van der Waals surface area contributed by atoms with E-state index in [9.17, 15) is 4.79 Å². The van der Waals surface area contributed by atoms with Crippen LogP contribution >= 0.6 is 0 Å². The predicted molar refractivity (Wildman–Crippen MR) is 75.2 cm³/mol. The first-order valence-corrected chi connectivity index (χ1v) is 5.81. The van der Waals surface area contributed by atoms with E-state index in [1.165, 1.54) is 12.1 Å². The first kappa shape index (κ1) is 13.4. The van der Waals surface area contributed by atoms with Gasteiger partial charge in [0.05, 0.1) is 11.3 Å². The van der Waals surface area contributed by atoms with Crippen LogP contribution in [0.15, 0.2) is 64.9 Å². The second kappa shape index (κ2) is 6.24. The lowest BCUT2D eigenvalue weighted by molar-refractivity contribution is 0.0697. The van der Waals surface area contributed by atoms with Crippen molar-refractivity contribution in [2.24, 2.45) is 10.3 Å². The summed E-state index contributed by atoms with van der Waals surface area (Å²) in [5.74, 6) is -0.940. The monoisotopic (exact) mass is 268 g/mol.